The fourth-order valence-corrected chi connectivity index (χ4v) is 4.88. The summed E-state index contributed by atoms with van der Waals surface area (Å²) in [5, 5.41) is 0. The van der Waals surface area contributed by atoms with Crippen LogP contribution in [-0.2, 0) is 15.6 Å². The topological polar surface area (TPSA) is 63.7 Å². The molecule has 0 spiro atoms. The van der Waals surface area contributed by atoms with Crippen LogP contribution in [0, 0.1) is 0 Å². The molecule has 1 unspecified atom stereocenters. The lowest BCUT2D eigenvalue weighted by Crippen LogP contribution is -2.33. The highest BCUT2D eigenvalue weighted by molar-refractivity contribution is 7.90. The Morgan fingerprint density at radius 2 is 1.65 bits per heavy atom. The highest BCUT2D eigenvalue weighted by atomic mass is 32.2. The summed E-state index contributed by atoms with van der Waals surface area (Å²) in [5.74, 6) is 0.538. The summed E-state index contributed by atoms with van der Waals surface area (Å²) in [6, 6.07) is 22.7. The third-order valence-electron chi connectivity index (χ3n) is 5.31. The molecule has 6 heteroatoms. The molecule has 5 nitrogen and oxygen atoms in total. The monoisotopic (exact) mass is 437 g/mol. The molecular weight excluding hydrogens is 410 g/mol. The number of nitrogens with zero attached hydrogens (tertiary/aromatic N) is 1. The van der Waals surface area contributed by atoms with Crippen molar-refractivity contribution < 1.29 is 17.9 Å². The fourth-order valence-electron chi connectivity index (χ4n) is 3.51. The SMILES string of the molecule is CCN(C(=O)c1ccc(CS(=O)(=O)c2ccccc2)cc1)C(C)c1cccc(OC)c1. The molecular formula is C25H27NO4S. The Morgan fingerprint density at radius 1 is 0.968 bits per heavy atom. The first-order valence-electron chi connectivity index (χ1n) is 10.2. The molecule has 0 saturated heterocycles. The Bertz CT molecular complexity index is 1130. The van der Waals surface area contributed by atoms with Crippen LogP contribution in [0.4, 0.5) is 0 Å². The highest BCUT2D eigenvalue weighted by Crippen LogP contribution is 2.25. The van der Waals surface area contributed by atoms with Gasteiger partial charge >= 0.3 is 0 Å². The van der Waals surface area contributed by atoms with Gasteiger partial charge in [0.1, 0.15) is 5.75 Å². The molecule has 0 aromatic heterocycles. The summed E-state index contributed by atoms with van der Waals surface area (Å²) in [4.78, 5) is 15.2. The zero-order valence-electron chi connectivity index (χ0n) is 18.0. The Kier molecular flexibility index (Phi) is 7.13. The van der Waals surface area contributed by atoms with Crippen LogP contribution in [0.1, 0.15) is 41.4 Å². The van der Waals surface area contributed by atoms with Crippen LogP contribution in [0.2, 0.25) is 0 Å². The summed E-state index contributed by atoms with van der Waals surface area (Å²) in [5.41, 5.74) is 2.15. The van der Waals surface area contributed by atoms with Crippen molar-refractivity contribution in [2.45, 2.75) is 30.5 Å². The van der Waals surface area contributed by atoms with E-state index in [-0.39, 0.29) is 17.7 Å². The maximum Gasteiger partial charge on any atom is 0.254 e. The van der Waals surface area contributed by atoms with Crippen molar-refractivity contribution in [2.24, 2.45) is 0 Å². The summed E-state index contributed by atoms with van der Waals surface area (Å²) in [7, 11) is -1.81. The lowest BCUT2D eigenvalue weighted by atomic mass is 10.0. The molecule has 0 aliphatic rings. The van der Waals surface area contributed by atoms with E-state index in [0.717, 1.165) is 11.3 Å². The van der Waals surface area contributed by atoms with E-state index < -0.39 is 9.84 Å². The smallest absolute Gasteiger partial charge is 0.254 e. The number of carbonyl (C=O) groups is 1. The minimum absolute atomic E-state index is 0.102. The van der Waals surface area contributed by atoms with Crippen LogP contribution in [-0.4, -0.2) is 32.9 Å². The van der Waals surface area contributed by atoms with Gasteiger partial charge < -0.3 is 9.64 Å². The van der Waals surface area contributed by atoms with E-state index in [9.17, 15) is 13.2 Å². The summed E-state index contributed by atoms with van der Waals surface area (Å²) in [6.45, 7) is 4.47. The van der Waals surface area contributed by atoms with Crippen LogP contribution in [0.25, 0.3) is 0 Å². The van der Waals surface area contributed by atoms with Crippen LogP contribution >= 0.6 is 0 Å². The molecule has 162 valence electrons. The minimum Gasteiger partial charge on any atom is -0.497 e. The number of hydrogen-bond acceptors (Lipinski definition) is 4. The van der Waals surface area contributed by atoms with Gasteiger partial charge in [0.15, 0.2) is 9.84 Å². The van der Waals surface area contributed by atoms with Gasteiger partial charge in [0.2, 0.25) is 0 Å². The number of methoxy groups -OCH3 is 1. The van der Waals surface area contributed by atoms with Gasteiger partial charge in [-0.25, -0.2) is 8.42 Å². The quantitative estimate of drug-likeness (QED) is 0.503. The average Bonchev–Trinajstić information content (AvgIpc) is 2.80. The molecule has 3 rings (SSSR count). The fraction of sp³-hybridized carbons (Fsp3) is 0.240. The normalized spacial score (nSPS) is 12.2. The third-order valence-corrected chi connectivity index (χ3v) is 7.01. The van der Waals surface area contributed by atoms with Gasteiger partial charge in [0.25, 0.3) is 5.91 Å². The van der Waals surface area contributed by atoms with Crippen molar-refractivity contribution >= 4 is 15.7 Å². The molecule has 1 atom stereocenters. The van der Waals surface area contributed by atoms with Gasteiger partial charge in [-0.1, -0.05) is 42.5 Å². The van der Waals surface area contributed by atoms with E-state index in [2.05, 4.69) is 0 Å². The summed E-state index contributed by atoms with van der Waals surface area (Å²) >= 11 is 0. The van der Waals surface area contributed by atoms with Crippen LogP contribution in [0.5, 0.6) is 5.75 Å². The Labute approximate surface area is 184 Å². The van der Waals surface area contributed by atoms with Crippen molar-refractivity contribution in [3.63, 3.8) is 0 Å². The summed E-state index contributed by atoms with van der Waals surface area (Å²) in [6.07, 6.45) is 0. The zero-order chi connectivity index (χ0) is 22.4. The molecule has 3 aromatic rings. The molecule has 0 heterocycles. The first-order chi connectivity index (χ1) is 14.9. The van der Waals surface area contributed by atoms with Gasteiger partial charge in [-0.05, 0) is 61.4 Å². The number of amides is 1. The minimum atomic E-state index is -3.43. The maximum atomic E-state index is 13.1. The molecule has 0 bridgehead atoms. The van der Waals surface area contributed by atoms with E-state index in [1.54, 1.807) is 66.6 Å². The number of sulfone groups is 1. The van der Waals surface area contributed by atoms with E-state index >= 15 is 0 Å². The number of carbonyl (C=O) groups excluding carboxylic acids is 1. The first-order valence-corrected chi connectivity index (χ1v) is 11.8. The van der Waals surface area contributed by atoms with Crippen molar-refractivity contribution in [2.75, 3.05) is 13.7 Å². The lowest BCUT2D eigenvalue weighted by molar-refractivity contribution is 0.0702. The number of ether oxygens (including phenoxy) is 1. The Morgan fingerprint density at radius 3 is 2.26 bits per heavy atom. The molecule has 0 radical (unpaired) electrons. The molecule has 31 heavy (non-hydrogen) atoms. The largest absolute Gasteiger partial charge is 0.497 e. The third kappa shape index (κ3) is 5.33. The van der Waals surface area contributed by atoms with E-state index in [1.165, 1.54) is 0 Å². The molecule has 0 fully saturated rings. The Hall–Kier alpha value is -3.12. The molecule has 0 N–H and O–H groups in total. The molecule has 3 aromatic carbocycles. The Balaban J connectivity index is 1.76. The van der Waals surface area contributed by atoms with Crippen LogP contribution in [0.15, 0.2) is 83.8 Å². The second-order valence-electron chi connectivity index (χ2n) is 7.31. The number of hydrogen-bond donors (Lipinski definition) is 0. The van der Waals surface area contributed by atoms with Crippen molar-refractivity contribution in [1.82, 2.24) is 4.90 Å². The van der Waals surface area contributed by atoms with E-state index in [1.807, 2.05) is 38.1 Å². The van der Waals surface area contributed by atoms with Gasteiger partial charge in [0.05, 0.1) is 23.8 Å². The molecule has 0 aliphatic heterocycles. The maximum absolute atomic E-state index is 13.1. The summed E-state index contributed by atoms with van der Waals surface area (Å²) < 4.78 is 30.5. The standard InChI is InChI=1S/C25H27NO4S/c1-4-26(19(2)22-9-8-10-23(17-22)30-3)25(27)21-15-13-20(14-16-21)18-31(28,29)24-11-6-5-7-12-24/h5-17,19H,4,18H2,1-3H3. The number of benzene rings is 3. The first kappa shape index (κ1) is 22.6. The van der Waals surface area contributed by atoms with Gasteiger partial charge in [-0.3, -0.25) is 4.79 Å². The predicted molar refractivity (Wildman–Crippen MR) is 122 cm³/mol. The second-order valence-corrected chi connectivity index (χ2v) is 9.30. The van der Waals surface area contributed by atoms with Crippen molar-refractivity contribution in [1.29, 1.82) is 0 Å². The van der Waals surface area contributed by atoms with E-state index in [0.29, 0.717) is 22.6 Å². The predicted octanol–water partition coefficient (Wildman–Crippen LogP) is 4.89. The van der Waals surface area contributed by atoms with Crippen LogP contribution < -0.4 is 4.74 Å². The van der Waals surface area contributed by atoms with Crippen molar-refractivity contribution in [3.05, 3.63) is 95.6 Å². The van der Waals surface area contributed by atoms with Gasteiger partial charge in [-0.2, -0.15) is 0 Å². The molecule has 1 amide bonds. The molecule has 0 saturated carbocycles. The van der Waals surface area contributed by atoms with Crippen LogP contribution in [0.3, 0.4) is 0 Å². The zero-order valence-corrected chi connectivity index (χ0v) is 18.8. The van der Waals surface area contributed by atoms with E-state index in [4.69, 9.17) is 4.74 Å². The lowest BCUT2D eigenvalue weighted by Gasteiger charge is -2.29. The van der Waals surface area contributed by atoms with Crippen molar-refractivity contribution in [3.8, 4) is 5.75 Å². The average molecular weight is 438 g/mol. The van der Waals surface area contributed by atoms with Gasteiger partial charge in [-0.15, -0.1) is 0 Å². The second kappa shape index (κ2) is 9.79. The van der Waals surface area contributed by atoms with Gasteiger partial charge in [0, 0.05) is 12.1 Å². The number of rotatable bonds is 8. The highest BCUT2D eigenvalue weighted by Gasteiger charge is 2.22. The molecule has 0 aliphatic carbocycles.